The van der Waals surface area contributed by atoms with Gasteiger partial charge in [0, 0.05) is 25.1 Å². The molecule has 2 aromatic carbocycles. The Hall–Kier alpha value is -2.60. The van der Waals surface area contributed by atoms with Crippen molar-refractivity contribution < 1.29 is 14.1 Å². The van der Waals surface area contributed by atoms with Gasteiger partial charge in [-0.25, -0.2) is 4.98 Å². The normalized spacial score (nSPS) is 10.8. The molecule has 0 spiro atoms. The highest BCUT2D eigenvalue weighted by molar-refractivity contribution is 6.32. The number of ether oxygens (including phenoxy) is 1. The van der Waals surface area contributed by atoms with Crippen molar-refractivity contribution in [2.75, 3.05) is 0 Å². The minimum absolute atomic E-state index is 0.0892. The van der Waals surface area contributed by atoms with Crippen LogP contribution in [0.4, 0.5) is 5.69 Å². The molecule has 0 aliphatic carbocycles. The predicted octanol–water partition coefficient (Wildman–Crippen LogP) is 4.49. The van der Waals surface area contributed by atoms with E-state index in [1.807, 2.05) is 0 Å². The van der Waals surface area contributed by atoms with Gasteiger partial charge in [0.1, 0.15) is 17.0 Å². The van der Waals surface area contributed by atoms with Crippen LogP contribution in [0.15, 0.2) is 40.8 Å². The molecular formula is C14H9ClN2O4. The van der Waals surface area contributed by atoms with Gasteiger partial charge in [-0.15, -0.1) is 0 Å². The summed E-state index contributed by atoms with van der Waals surface area (Å²) in [4.78, 5) is 14.3. The highest BCUT2D eigenvalue weighted by Gasteiger charge is 2.12. The van der Waals surface area contributed by atoms with E-state index in [9.17, 15) is 10.1 Å². The summed E-state index contributed by atoms with van der Waals surface area (Å²) in [6, 6.07) is 9.21. The molecule has 0 unspecified atom stereocenters. The molecule has 6 nitrogen and oxygen atoms in total. The highest BCUT2D eigenvalue weighted by Crippen LogP contribution is 2.33. The molecule has 3 rings (SSSR count). The number of rotatable bonds is 3. The van der Waals surface area contributed by atoms with E-state index >= 15 is 0 Å². The zero-order valence-corrected chi connectivity index (χ0v) is 11.6. The third kappa shape index (κ3) is 2.66. The number of fused-ring (bicyclic) bond motifs is 1. The molecule has 1 heterocycles. The van der Waals surface area contributed by atoms with Gasteiger partial charge in [0.05, 0.1) is 9.95 Å². The number of nitro groups is 1. The van der Waals surface area contributed by atoms with E-state index in [1.54, 1.807) is 25.1 Å². The summed E-state index contributed by atoms with van der Waals surface area (Å²) in [6.07, 6.45) is 0. The lowest BCUT2D eigenvalue weighted by atomic mass is 10.3. The number of hydrogen-bond acceptors (Lipinski definition) is 5. The monoisotopic (exact) mass is 304 g/mol. The molecule has 106 valence electrons. The molecular weight excluding hydrogens is 296 g/mol. The third-order valence-corrected chi connectivity index (χ3v) is 3.12. The number of aromatic nitrogens is 1. The van der Waals surface area contributed by atoms with Gasteiger partial charge in [-0.1, -0.05) is 11.6 Å². The fourth-order valence-corrected chi connectivity index (χ4v) is 2.11. The van der Waals surface area contributed by atoms with Crippen molar-refractivity contribution in [3.63, 3.8) is 0 Å². The van der Waals surface area contributed by atoms with E-state index in [-0.39, 0.29) is 10.7 Å². The number of aryl methyl sites for hydroxylation is 1. The Morgan fingerprint density at radius 2 is 2.10 bits per heavy atom. The summed E-state index contributed by atoms with van der Waals surface area (Å²) in [5.41, 5.74) is 1.24. The van der Waals surface area contributed by atoms with Crippen LogP contribution in [0.2, 0.25) is 5.02 Å². The van der Waals surface area contributed by atoms with Crippen LogP contribution in [0.5, 0.6) is 11.5 Å². The number of oxazole rings is 1. The van der Waals surface area contributed by atoms with E-state index in [1.165, 1.54) is 18.2 Å². The van der Waals surface area contributed by atoms with Crippen molar-refractivity contribution in [1.29, 1.82) is 0 Å². The van der Waals surface area contributed by atoms with Gasteiger partial charge in [0.15, 0.2) is 11.5 Å². The summed E-state index contributed by atoms with van der Waals surface area (Å²) in [5, 5.41) is 10.8. The molecule has 0 bridgehead atoms. The maximum Gasteiger partial charge on any atom is 0.271 e. The van der Waals surface area contributed by atoms with E-state index in [0.29, 0.717) is 23.0 Å². The van der Waals surface area contributed by atoms with Crippen molar-refractivity contribution in [3.05, 3.63) is 57.4 Å². The first kappa shape index (κ1) is 13.4. The molecule has 0 aliphatic heterocycles. The first-order valence-corrected chi connectivity index (χ1v) is 6.40. The lowest BCUT2D eigenvalue weighted by molar-refractivity contribution is -0.384. The quantitative estimate of drug-likeness (QED) is 0.526. The van der Waals surface area contributed by atoms with Crippen LogP contribution >= 0.6 is 11.6 Å². The number of benzene rings is 2. The average molecular weight is 305 g/mol. The molecule has 0 aliphatic rings. The molecule has 1 aromatic heterocycles. The van der Waals surface area contributed by atoms with E-state index in [2.05, 4.69) is 4.98 Å². The molecule has 3 aromatic rings. The predicted molar refractivity (Wildman–Crippen MR) is 76.9 cm³/mol. The number of hydrogen-bond donors (Lipinski definition) is 0. The van der Waals surface area contributed by atoms with E-state index < -0.39 is 4.92 Å². The molecule has 0 atom stereocenters. The summed E-state index contributed by atoms with van der Waals surface area (Å²) >= 11 is 5.98. The van der Waals surface area contributed by atoms with Gasteiger partial charge in [-0.2, -0.15) is 0 Å². The standard InChI is InChI=1S/C14H9ClN2O4/c1-8-16-12-4-3-10(7-14(12)20-8)21-13-5-2-9(17(18)19)6-11(13)15/h2-7H,1H3. The maximum atomic E-state index is 10.7. The second-order valence-corrected chi connectivity index (χ2v) is 4.74. The number of halogens is 1. The Bertz CT molecular complexity index is 844. The van der Waals surface area contributed by atoms with E-state index in [0.717, 1.165) is 5.52 Å². The smallest absolute Gasteiger partial charge is 0.271 e. The van der Waals surface area contributed by atoms with Crippen LogP contribution < -0.4 is 4.74 Å². The largest absolute Gasteiger partial charge is 0.456 e. The second kappa shape index (κ2) is 5.06. The topological polar surface area (TPSA) is 78.4 Å². The van der Waals surface area contributed by atoms with Crippen molar-refractivity contribution >= 4 is 28.4 Å². The van der Waals surface area contributed by atoms with Crippen LogP contribution in [0.1, 0.15) is 5.89 Å². The van der Waals surface area contributed by atoms with Crippen LogP contribution in [0.25, 0.3) is 11.1 Å². The fraction of sp³-hybridized carbons (Fsp3) is 0.0714. The van der Waals surface area contributed by atoms with Gasteiger partial charge in [-0.05, 0) is 18.2 Å². The van der Waals surface area contributed by atoms with Gasteiger partial charge >= 0.3 is 0 Å². The molecule has 7 heteroatoms. The maximum absolute atomic E-state index is 10.7. The fourth-order valence-electron chi connectivity index (χ4n) is 1.90. The summed E-state index contributed by atoms with van der Waals surface area (Å²) < 4.78 is 11.0. The van der Waals surface area contributed by atoms with Crippen LogP contribution in [-0.2, 0) is 0 Å². The third-order valence-electron chi connectivity index (χ3n) is 2.82. The van der Waals surface area contributed by atoms with E-state index in [4.69, 9.17) is 20.8 Å². The first-order valence-electron chi connectivity index (χ1n) is 6.02. The van der Waals surface area contributed by atoms with Crippen molar-refractivity contribution in [2.45, 2.75) is 6.92 Å². The molecule has 0 saturated heterocycles. The average Bonchev–Trinajstić information content (AvgIpc) is 2.80. The Labute approximate surface area is 124 Å². The lowest BCUT2D eigenvalue weighted by Gasteiger charge is -2.06. The summed E-state index contributed by atoms with van der Waals surface area (Å²) in [7, 11) is 0. The Morgan fingerprint density at radius 3 is 2.81 bits per heavy atom. The van der Waals surface area contributed by atoms with Crippen LogP contribution in [-0.4, -0.2) is 9.91 Å². The zero-order chi connectivity index (χ0) is 15.0. The van der Waals surface area contributed by atoms with Gasteiger partial charge in [0.25, 0.3) is 5.69 Å². The first-order chi connectivity index (χ1) is 10.0. The molecule has 0 radical (unpaired) electrons. The van der Waals surface area contributed by atoms with Gasteiger partial charge in [-0.3, -0.25) is 10.1 Å². The molecule has 0 amide bonds. The SMILES string of the molecule is Cc1nc2ccc(Oc3ccc([N+](=O)[O-])cc3Cl)cc2o1. The van der Waals surface area contributed by atoms with Gasteiger partial charge in [0.2, 0.25) is 0 Å². The van der Waals surface area contributed by atoms with Crippen molar-refractivity contribution in [1.82, 2.24) is 4.98 Å². The minimum atomic E-state index is -0.515. The molecule has 0 fully saturated rings. The summed E-state index contributed by atoms with van der Waals surface area (Å²) in [6.45, 7) is 1.76. The molecule has 0 N–H and O–H groups in total. The Kier molecular flexibility index (Phi) is 3.23. The van der Waals surface area contributed by atoms with Crippen molar-refractivity contribution in [2.24, 2.45) is 0 Å². The summed E-state index contributed by atoms with van der Waals surface area (Å²) in [5.74, 6) is 1.41. The minimum Gasteiger partial charge on any atom is -0.456 e. The lowest BCUT2D eigenvalue weighted by Crippen LogP contribution is -1.90. The van der Waals surface area contributed by atoms with Crippen LogP contribution in [0.3, 0.4) is 0 Å². The number of nitrogens with zero attached hydrogens (tertiary/aromatic N) is 2. The van der Waals surface area contributed by atoms with Crippen LogP contribution in [0, 0.1) is 17.0 Å². The number of nitro benzene ring substituents is 1. The second-order valence-electron chi connectivity index (χ2n) is 4.34. The van der Waals surface area contributed by atoms with Crippen molar-refractivity contribution in [3.8, 4) is 11.5 Å². The number of non-ortho nitro benzene ring substituents is 1. The zero-order valence-electron chi connectivity index (χ0n) is 10.9. The van der Waals surface area contributed by atoms with Gasteiger partial charge < -0.3 is 9.15 Å². The highest BCUT2D eigenvalue weighted by atomic mass is 35.5. The Balaban J connectivity index is 1.92. The Morgan fingerprint density at radius 1 is 1.29 bits per heavy atom. The molecule has 0 saturated carbocycles. The molecule has 21 heavy (non-hydrogen) atoms.